The predicted molar refractivity (Wildman–Crippen MR) is 52.9 cm³/mol. The van der Waals surface area contributed by atoms with Crippen molar-refractivity contribution in [1.29, 1.82) is 0 Å². The minimum atomic E-state index is -0.734. The van der Waals surface area contributed by atoms with Crippen molar-refractivity contribution in [3.8, 4) is 12.3 Å². The normalized spacial score (nSPS) is 12.8. The molecule has 2 nitrogen and oxygen atoms in total. The quantitative estimate of drug-likeness (QED) is 0.340. The lowest BCUT2D eigenvalue weighted by atomic mass is 10.2. The van der Waals surface area contributed by atoms with Gasteiger partial charge in [0.05, 0.1) is 0 Å². The highest BCUT2D eigenvalue weighted by Crippen LogP contribution is 2.04. The van der Waals surface area contributed by atoms with Gasteiger partial charge < -0.3 is 5.73 Å². The maximum absolute atomic E-state index is 11.8. The lowest BCUT2D eigenvalue weighted by Crippen LogP contribution is -2.12. The Morgan fingerprint density at radius 3 is 2.83 bits per heavy atom. The Balaban J connectivity index is 4.21. The highest BCUT2D eigenvalue weighted by molar-refractivity contribution is 9.09. The highest BCUT2D eigenvalue weighted by Gasteiger charge is 1.91. The summed E-state index contributed by atoms with van der Waals surface area (Å²) in [6.07, 6.45) is 7.06. The fourth-order valence-electron chi connectivity index (χ4n) is 0.467. The first-order chi connectivity index (χ1) is 5.74. The van der Waals surface area contributed by atoms with Gasteiger partial charge in [0.2, 0.25) is 0 Å². The third kappa shape index (κ3) is 4.91. The van der Waals surface area contributed by atoms with E-state index in [9.17, 15) is 4.39 Å². The monoisotopic (exact) mass is 232 g/mol. The first kappa shape index (κ1) is 11.2. The van der Waals surface area contributed by atoms with Gasteiger partial charge in [-0.2, -0.15) is 0 Å². The molecule has 0 aromatic rings. The first-order valence-corrected chi connectivity index (χ1v) is 4.42. The molecule has 0 aromatic heterocycles. The summed E-state index contributed by atoms with van der Waals surface area (Å²) in [4.78, 5) is 3.66. The molecule has 0 aliphatic carbocycles. The van der Waals surface area contributed by atoms with Crippen LogP contribution in [0.1, 0.15) is 6.42 Å². The van der Waals surface area contributed by atoms with E-state index in [1.165, 1.54) is 6.20 Å². The Morgan fingerprint density at radius 2 is 2.42 bits per heavy atom. The third-order valence-corrected chi connectivity index (χ3v) is 1.77. The number of halogens is 2. The van der Waals surface area contributed by atoms with Gasteiger partial charge in [-0.25, -0.2) is 9.38 Å². The van der Waals surface area contributed by atoms with Gasteiger partial charge in [-0.1, -0.05) is 15.9 Å². The van der Waals surface area contributed by atoms with Gasteiger partial charge in [0.25, 0.3) is 0 Å². The second-order valence-corrected chi connectivity index (χ2v) is 2.62. The molecule has 0 radical (unpaired) electrons. The van der Waals surface area contributed by atoms with Crippen molar-refractivity contribution in [2.24, 2.45) is 10.7 Å². The van der Waals surface area contributed by atoms with E-state index in [1.807, 2.05) is 0 Å². The standard InChI is InChI=1S/C8H10BrFN2/c1-2-3-7(4-9)6-12-8(11)5-10/h1,6H,3-5H2,(H2,11,12)/b7-6+. The van der Waals surface area contributed by atoms with E-state index in [-0.39, 0.29) is 5.84 Å². The van der Waals surface area contributed by atoms with Crippen LogP contribution in [0.25, 0.3) is 0 Å². The van der Waals surface area contributed by atoms with Crippen molar-refractivity contribution in [1.82, 2.24) is 0 Å². The van der Waals surface area contributed by atoms with Crippen molar-refractivity contribution in [3.63, 3.8) is 0 Å². The number of hydrogen-bond acceptors (Lipinski definition) is 1. The van der Waals surface area contributed by atoms with Gasteiger partial charge in [0.1, 0.15) is 12.5 Å². The van der Waals surface area contributed by atoms with E-state index in [0.717, 1.165) is 5.57 Å². The van der Waals surface area contributed by atoms with Gasteiger partial charge in [-0.15, -0.1) is 12.3 Å². The zero-order chi connectivity index (χ0) is 9.40. The van der Waals surface area contributed by atoms with E-state index in [0.29, 0.717) is 11.8 Å². The van der Waals surface area contributed by atoms with Crippen LogP contribution in [0.3, 0.4) is 0 Å². The number of allylic oxidation sites excluding steroid dienone is 1. The fraction of sp³-hybridized carbons (Fsp3) is 0.375. The van der Waals surface area contributed by atoms with Crippen LogP contribution in [0.15, 0.2) is 16.8 Å². The average molecular weight is 233 g/mol. The Hall–Kier alpha value is -0.820. The van der Waals surface area contributed by atoms with E-state index in [1.54, 1.807) is 0 Å². The Kier molecular flexibility index (Phi) is 6.39. The largest absolute Gasteiger partial charge is 0.385 e. The molecule has 0 amide bonds. The molecule has 0 fully saturated rings. The molecule has 2 N–H and O–H groups in total. The zero-order valence-electron chi connectivity index (χ0n) is 6.56. The third-order valence-electron chi connectivity index (χ3n) is 1.05. The second kappa shape index (κ2) is 6.86. The van der Waals surface area contributed by atoms with Crippen LogP contribution in [0.5, 0.6) is 0 Å². The molecule has 0 spiro atoms. The number of amidine groups is 1. The lowest BCUT2D eigenvalue weighted by Gasteiger charge is -1.94. The van der Waals surface area contributed by atoms with Crippen molar-refractivity contribution in [2.75, 3.05) is 12.0 Å². The van der Waals surface area contributed by atoms with Crippen LogP contribution in [0.2, 0.25) is 0 Å². The summed E-state index contributed by atoms with van der Waals surface area (Å²) in [6.45, 7) is -0.734. The molecule has 0 aromatic carbocycles. The minimum Gasteiger partial charge on any atom is -0.385 e. The molecular formula is C8H10BrFN2. The van der Waals surface area contributed by atoms with Crippen molar-refractivity contribution in [3.05, 3.63) is 11.8 Å². The number of hydrogen-bond donors (Lipinski definition) is 1. The molecule has 12 heavy (non-hydrogen) atoms. The number of nitrogens with two attached hydrogens (primary N) is 1. The number of rotatable bonds is 4. The van der Waals surface area contributed by atoms with Crippen LogP contribution < -0.4 is 5.73 Å². The van der Waals surface area contributed by atoms with E-state index in [4.69, 9.17) is 12.2 Å². The molecule has 0 rings (SSSR count). The van der Waals surface area contributed by atoms with Crippen LogP contribution in [0.4, 0.5) is 4.39 Å². The Bertz CT molecular complexity index is 228. The Labute approximate surface area is 79.9 Å². The lowest BCUT2D eigenvalue weighted by molar-refractivity contribution is 0.579. The van der Waals surface area contributed by atoms with Gasteiger partial charge in [-0.05, 0) is 5.57 Å². The molecule has 0 aliphatic rings. The molecule has 4 heteroatoms. The predicted octanol–water partition coefficient (Wildman–Crippen LogP) is 1.62. The van der Waals surface area contributed by atoms with Gasteiger partial charge in [-0.3, -0.25) is 0 Å². The van der Waals surface area contributed by atoms with Crippen LogP contribution in [-0.4, -0.2) is 17.8 Å². The number of terminal acetylenes is 1. The SMILES string of the molecule is C#CC/C(=C\N=C(N)CF)CBr. The number of aliphatic imine (C=N–C) groups is 1. The zero-order valence-corrected chi connectivity index (χ0v) is 8.14. The van der Waals surface area contributed by atoms with Gasteiger partial charge in [0.15, 0.2) is 0 Å². The van der Waals surface area contributed by atoms with Crippen molar-refractivity contribution in [2.45, 2.75) is 6.42 Å². The average Bonchev–Trinajstić information content (AvgIpc) is 2.11. The summed E-state index contributed by atoms with van der Waals surface area (Å²) in [5.74, 6) is 2.42. The smallest absolute Gasteiger partial charge is 0.147 e. The van der Waals surface area contributed by atoms with E-state index in [2.05, 4.69) is 26.8 Å². The van der Waals surface area contributed by atoms with E-state index >= 15 is 0 Å². The summed E-state index contributed by atoms with van der Waals surface area (Å²) in [6, 6.07) is 0. The maximum Gasteiger partial charge on any atom is 0.147 e. The number of nitrogens with zero attached hydrogens (tertiary/aromatic N) is 1. The second-order valence-electron chi connectivity index (χ2n) is 2.06. The molecule has 66 valence electrons. The highest BCUT2D eigenvalue weighted by atomic mass is 79.9. The molecule has 0 saturated carbocycles. The summed E-state index contributed by atoms with van der Waals surface area (Å²) in [7, 11) is 0. The van der Waals surface area contributed by atoms with Crippen molar-refractivity contribution >= 4 is 21.8 Å². The summed E-state index contributed by atoms with van der Waals surface area (Å²) >= 11 is 3.22. The van der Waals surface area contributed by atoms with Gasteiger partial charge in [0, 0.05) is 18.0 Å². The molecule has 0 unspecified atom stereocenters. The summed E-state index contributed by atoms with van der Waals surface area (Å²) in [5, 5.41) is 0.625. The molecule has 0 bridgehead atoms. The molecule has 0 saturated heterocycles. The molecule has 0 aliphatic heterocycles. The topological polar surface area (TPSA) is 38.4 Å². The van der Waals surface area contributed by atoms with Crippen LogP contribution in [0, 0.1) is 12.3 Å². The molecule has 0 heterocycles. The van der Waals surface area contributed by atoms with Crippen LogP contribution >= 0.6 is 15.9 Å². The fourth-order valence-corrected chi connectivity index (χ4v) is 0.810. The van der Waals surface area contributed by atoms with Crippen LogP contribution in [-0.2, 0) is 0 Å². The number of alkyl halides is 2. The first-order valence-electron chi connectivity index (χ1n) is 3.30. The molecule has 0 atom stereocenters. The Morgan fingerprint density at radius 1 is 1.75 bits per heavy atom. The van der Waals surface area contributed by atoms with Gasteiger partial charge >= 0.3 is 0 Å². The maximum atomic E-state index is 11.8. The summed E-state index contributed by atoms with van der Waals surface area (Å²) in [5.41, 5.74) is 6.03. The minimum absolute atomic E-state index is 0.0366. The van der Waals surface area contributed by atoms with E-state index < -0.39 is 6.67 Å². The molecular weight excluding hydrogens is 223 g/mol. The van der Waals surface area contributed by atoms with Crippen molar-refractivity contribution < 1.29 is 4.39 Å². The summed E-state index contributed by atoms with van der Waals surface area (Å²) < 4.78 is 11.8.